The molecule has 21 heavy (non-hydrogen) atoms. The summed E-state index contributed by atoms with van der Waals surface area (Å²) in [5.74, 6) is 0. The highest BCUT2D eigenvalue weighted by molar-refractivity contribution is 7.89. The molecule has 0 radical (unpaired) electrons. The van der Waals surface area contributed by atoms with E-state index in [2.05, 4.69) is 0 Å². The number of hydrogen-bond acceptors (Lipinski definition) is 4. The van der Waals surface area contributed by atoms with Gasteiger partial charge in [0.25, 0.3) is 0 Å². The van der Waals surface area contributed by atoms with Gasteiger partial charge in [-0.1, -0.05) is 12.1 Å². The van der Waals surface area contributed by atoms with Crippen LogP contribution in [-0.4, -0.2) is 43.7 Å². The third kappa shape index (κ3) is 4.67. The molecule has 5 nitrogen and oxygen atoms in total. The number of sulfonamides is 1. The summed E-state index contributed by atoms with van der Waals surface area (Å²) in [5, 5.41) is 8.82. The van der Waals surface area contributed by atoms with E-state index >= 15 is 0 Å². The van der Waals surface area contributed by atoms with Gasteiger partial charge in [0.15, 0.2) is 0 Å². The number of aryl methyl sites for hydroxylation is 1. The molecule has 3 N–H and O–H groups in total. The van der Waals surface area contributed by atoms with E-state index in [1.807, 2.05) is 0 Å². The van der Waals surface area contributed by atoms with Crippen LogP contribution in [0.5, 0.6) is 0 Å². The number of aliphatic hydroxyl groups excluding tert-OH is 1. The smallest absolute Gasteiger partial charge is 0.395 e. The van der Waals surface area contributed by atoms with Crippen molar-refractivity contribution >= 4 is 10.0 Å². The number of rotatable bonds is 6. The van der Waals surface area contributed by atoms with E-state index < -0.39 is 35.9 Å². The Labute approximate surface area is 121 Å². The van der Waals surface area contributed by atoms with Gasteiger partial charge >= 0.3 is 6.18 Å². The molecule has 0 saturated heterocycles. The molecule has 0 heterocycles. The molecule has 1 aromatic carbocycles. The van der Waals surface area contributed by atoms with Crippen LogP contribution < -0.4 is 5.73 Å². The molecule has 0 unspecified atom stereocenters. The molecule has 0 aromatic heterocycles. The van der Waals surface area contributed by atoms with Crippen LogP contribution in [0.4, 0.5) is 13.2 Å². The molecule has 1 rings (SSSR count). The van der Waals surface area contributed by atoms with Gasteiger partial charge in [0.05, 0.1) is 11.5 Å². The van der Waals surface area contributed by atoms with Crippen molar-refractivity contribution in [2.24, 2.45) is 5.73 Å². The summed E-state index contributed by atoms with van der Waals surface area (Å²) in [7, 11) is -4.36. The van der Waals surface area contributed by atoms with Crippen LogP contribution in [0.1, 0.15) is 11.1 Å². The molecule has 0 aliphatic carbocycles. The summed E-state index contributed by atoms with van der Waals surface area (Å²) < 4.78 is 62.5. The van der Waals surface area contributed by atoms with E-state index in [4.69, 9.17) is 10.8 Å². The van der Waals surface area contributed by atoms with Crippen molar-refractivity contribution in [3.05, 3.63) is 29.3 Å². The number of aliphatic hydroxyl groups is 1. The van der Waals surface area contributed by atoms with Crippen LogP contribution in [0.2, 0.25) is 0 Å². The van der Waals surface area contributed by atoms with Gasteiger partial charge in [-0.25, -0.2) is 8.42 Å². The first-order chi connectivity index (χ1) is 9.61. The third-order valence-electron chi connectivity index (χ3n) is 2.81. The number of hydrogen-bond donors (Lipinski definition) is 2. The van der Waals surface area contributed by atoms with Crippen molar-refractivity contribution in [1.29, 1.82) is 0 Å². The standard InChI is InChI=1S/C12H17F3N2O3S/c1-9-2-3-10(7-16)6-11(9)21(19,20)17(4-5-18)8-12(13,14)15/h2-3,6,18H,4-5,7-8,16H2,1H3. The van der Waals surface area contributed by atoms with Crippen LogP contribution in [-0.2, 0) is 16.6 Å². The lowest BCUT2D eigenvalue weighted by atomic mass is 10.1. The van der Waals surface area contributed by atoms with Crippen molar-refractivity contribution in [2.75, 3.05) is 19.7 Å². The number of halogens is 3. The average molecular weight is 326 g/mol. The first-order valence-corrected chi connectivity index (χ1v) is 7.53. The molecule has 0 fully saturated rings. The Morgan fingerprint density at radius 1 is 1.33 bits per heavy atom. The first-order valence-electron chi connectivity index (χ1n) is 6.09. The van der Waals surface area contributed by atoms with Crippen molar-refractivity contribution in [3.63, 3.8) is 0 Å². The fourth-order valence-corrected chi connectivity index (χ4v) is 3.48. The number of alkyl halides is 3. The number of nitrogens with zero attached hydrogens (tertiary/aromatic N) is 1. The summed E-state index contributed by atoms with van der Waals surface area (Å²) in [6.45, 7) is -1.43. The van der Waals surface area contributed by atoms with E-state index in [1.165, 1.54) is 19.1 Å². The molecule has 0 spiro atoms. The highest BCUT2D eigenvalue weighted by atomic mass is 32.2. The average Bonchev–Trinajstić information content (AvgIpc) is 2.37. The van der Waals surface area contributed by atoms with Crippen molar-refractivity contribution in [1.82, 2.24) is 4.31 Å². The highest BCUT2D eigenvalue weighted by Gasteiger charge is 2.37. The second-order valence-corrected chi connectivity index (χ2v) is 6.39. The molecule has 0 aliphatic heterocycles. The van der Waals surface area contributed by atoms with Gasteiger partial charge in [-0.3, -0.25) is 0 Å². The zero-order chi connectivity index (χ0) is 16.3. The fourth-order valence-electron chi connectivity index (χ4n) is 1.78. The maximum atomic E-state index is 12.5. The minimum absolute atomic E-state index is 0.0715. The van der Waals surface area contributed by atoms with E-state index in [-0.39, 0.29) is 15.7 Å². The fraction of sp³-hybridized carbons (Fsp3) is 0.500. The van der Waals surface area contributed by atoms with Crippen molar-refractivity contribution < 1.29 is 26.7 Å². The van der Waals surface area contributed by atoms with E-state index in [9.17, 15) is 21.6 Å². The maximum Gasteiger partial charge on any atom is 0.402 e. The van der Waals surface area contributed by atoms with Gasteiger partial charge in [-0.15, -0.1) is 0 Å². The van der Waals surface area contributed by atoms with Gasteiger partial charge in [0.2, 0.25) is 10.0 Å². The van der Waals surface area contributed by atoms with E-state index in [0.717, 1.165) is 0 Å². The lowest BCUT2D eigenvalue weighted by Gasteiger charge is -2.23. The van der Waals surface area contributed by atoms with Crippen LogP contribution in [0.3, 0.4) is 0 Å². The Balaban J connectivity index is 3.28. The molecule has 0 atom stereocenters. The molecule has 9 heteroatoms. The zero-order valence-electron chi connectivity index (χ0n) is 11.4. The SMILES string of the molecule is Cc1ccc(CN)cc1S(=O)(=O)N(CCO)CC(F)(F)F. The lowest BCUT2D eigenvalue weighted by Crippen LogP contribution is -2.40. The Bertz CT molecular complexity index is 588. The molecular formula is C12H17F3N2O3S. The second kappa shape index (κ2) is 6.73. The predicted molar refractivity (Wildman–Crippen MR) is 71.0 cm³/mol. The Hall–Kier alpha value is -1.16. The van der Waals surface area contributed by atoms with Crippen molar-refractivity contribution in [2.45, 2.75) is 24.5 Å². The normalized spacial score (nSPS) is 12.9. The maximum absolute atomic E-state index is 12.5. The first kappa shape index (κ1) is 17.9. The number of benzene rings is 1. The summed E-state index contributed by atoms with van der Waals surface area (Å²) in [5.41, 5.74) is 6.23. The van der Waals surface area contributed by atoms with Gasteiger partial charge < -0.3 is 10.8 Å². The van der Waals surface area contributed by atoms with Crippen molar-refractivity contribution in [3.8, 4) is 0 Å². The molecular weight excluding hydrogens is 309 g/mol. The summed E-state index contributed by atoms with van der Waals surface area (Å²) in [6, 6.07) is 4.35. The molecule has 0 saturated carbocycles. The summed E-state index contributed by atoms with van der Waals surface area (Å²) >= 11 is 0. The van der Waals surface area contributed by atoms with Crippen LogP contribution >= 0.6 is 0 Å². The molecule has 0 amide bonds. The van der Waals surface area contributed by atoms with Crippen LogP contribution in [0.25, 0.3) is 0 Å². The predicted octanol–water partition coefficient (Wildman–Crippen LogP) is 0.999. The monoisotopic (exact) mass is 326 g/mol. The van der Waals surface area contributed by atoms with Gasteiger partial charge in [-0.2, -0.15) is 17.5 Å². The van der Waals surface area contributed by atoms with Crippen LogP contribution in [0, 0.1) is 6.92 Å². The second-order valence-electron chi connectivity index (χ2n) is 4.48. The molecule has 1 aromatic rings. The van der Waals surface area contributed by atoms with Crippen LogP contribution in [0.15, 0.2) is 23.1 Å². The van der Waals surface area contributed by atoms with E-state index in [0.29, 0.717) is 11.1 Å². The zero-order valence-corrected chi connectivity index (χ0v) is 12.2. The Kier molecular flexibility index (Phi) is 5.74. The van der Waals surface area contributed by atoms with Gasteiger partial charge in [0, 0.05) is 13.1 Å². The quantitative estimate of drug-likeness (QED) is 0.817. The lowest BCUT2D eigenvalue weighted by molar-refractivity contribution is -0.136. The summed E-state index contributed by atoms with van der Waals surface area (Å²) in [6.07, 6.45) is -4.69. The molecule has 0 aliphatic rings. The topological polar surface area (TPSA) is 83.6 Å². The molecule has 0 bridgehead atoms. The Morgan fingerprint density at radius 3 is 2.43 bits per heavy atom. The largest absolute Gasteiger partial charge is 0.402 e. The molecule has 120 valence electrons. The van der Waals surface area contributed by atoms with Gasteiger partial charge in [0.1, 0.15) is 6.54 Å². The number of nitrogens with two attached hydrogens (primary N) is 1. The Morgan fingerprint density at radius 2 is 1.95 bits per heavy atom. The third-order valence-corrected chi connectivity index (χ3v) is 4.80. The summed E-state index contributed by atoms with van der Waals surface area (Å²) in [4.78, 5) is -0.233. The van der Waals surface area contributed by atoms with Gasteiger partial charge in [-0.05, 0) is 24.1 Å². The minimum atomic E-state index is -4.69. The minimum Gasteiger partial charge on any atom is -0.395 e. The van der Waals surface area contributed by atoms with E-state index in [1.54, 1.807) is 6.07 Å². The highest BCUT2D eigenvalue weighted by Crippen LogP contribution is 2.25.